The van der Waals surface area contributed by atoms with Crippen molar-refractivity contribution < 1.29 is 0 Å². The molecule has 0 N–H and O–H groups in total. The molecule has 0 radical (unpaired) electrons. The molecule has 0 unspecified atom stereocenters. The van der Waals surface area contributed by atoms with Gasteiger partial charge in [-0.25, -0.2) is 0 Å². The van der Waals surface area contributed by atoms with Gasteiger partial charge in [-0.05, 0) is 101 Å². The van der Waals surface area contributed by atoms with Crippen molar-refractivity contribution >= 4 is 61.6 Å². The van der Waals surface area contributed by atoms with Gasteiger partial charge < -0.3 is 9.47 Å². The molecular weight excluding hydrogens is 763 g/mol. The van der Waals surface area contributed by atoms with Crippen molar-refractivity contribution in [1.29, 1.82) is 0 Å². The average molecular weight is 805 g/mol. The van der Waals surface area contributed by atoms with Gasteiger partial charge in [0.05, 0.1) is 27.8 Å². The van der Waals surface area contributed by atoms with E-state index in [1.807, 2.05) is 0 Å². The molecule has 0 bridgehead atoms. The van der Waals surface area contributed by atoms with Gasteiger partial charge in [-0.3, -0.25) is 0 Å². The minimum atomic E-state index is 0.495. The summed E-state index contributed by atoms with van der Waals surface area (Å²) in [7, 11) is 0. The molecule has 3 heteroatoms. The van der Waals surface area contributed by atoms with E-state index in [9.17, 15) is 0 Å². The summed E-state index contributed by atoms with van der Waals surface area (Å²) in [6.45, 7) is 0. The van der Waals surface area contributed by atoms with Crippen LogP contribution in [0.4, 0.5) is 39.8 Å². The van der Waals surface area contributed by atoms with Crippen molar-refractivity contribution in [3.8, 4) is 39.1 Å². The lowest BCUT2D eigenvalue weighted by atomic mass is 9.97. The van der Waals surface area contributed by atoms with E-state index in [4.69, 9.17) is 0 Å². The first-order chi connectivity index (χ1) is 31.3. The van der Waals surface area contributed by atoms with Crippen LogP contribution in [-0.4, -0.2) is 4.57 Å². The average Bonchev–Trinajstić information content (AvgIpc) is 3.85. The van der Waals surface area contributed by atoms with E-state index in [0.29, 0.717) is 4.48 Å². The summed E-state index contributed by atoms with van der Waals surface area (Å²) < 4.78 is 2.87. The van der Waals surface area contributed by atoms with Crippen LogP contribution in [0, 0.1) is 0 Å². The van der Waals surface area contributed by atoms with E-state index in [1.54, 1.807) is 0 Å². The Bertz CT molecular complexity index is 3410. The predicted molar refractivity (Wildman–Crippen MR) is 265 cm³/mol. The lowest BCUT2D eigenvalue weighted by molar-refractivity contribution is 0.721. The van der Waals surface area contributed by atoms with Crippen LogP contribution in [0.3, 0.4) is 0 Å². The third-order valence-corrected chi connectivity index (χ3v) is 12.8. The number of anilines is 3. The second-order valence-electron chi connectivity index (χ2n) is 16.3. The number of hydrogen-bond acceptors (Lipinski definition) is 1. The summed E-state index contributed by atoms with van der Waals surface area (Å²) in [4.78, 5) is 2.40. The van der Waals surface area contributed by atoms with Gasteiger partial charge in [-0.2, -0.15) is 4.48 Å². The molecular formula is C60H42N3+. The predicted octanol–water partition coefficient (Wildman–Crippen LogP) is 16.9. The molecule has 0 aliphatic carbocycles. The van der Waals surface area contributed by atoms with Crippen LogP contribution in [0.5, 0.6) is 0 Å². The Morgan fingerprint density at radius 1 is 0.302 bits per heavy atom. The Morgan fingerprint density at radius 3 is 1.56 bits per heavy atom. The van der Waals surface area contributed by atoms with Crippen LogP contribution in [0.1, 0.15) is 0 Å². The summed E-state index contributed by atoms with van der Waals surface area (Å²) in [6.07, 6.45) is 0. The van der Waals surface area contributed by atoms with E-state index in [0.717, 1.165) is 22.6 Å². The SMILES string of the molecule is c1ccc(N(c2cccc(-c3cccc(-c4ccc5c(c4)c4ccccc4n5-c4ccccc4)c3)c2)c2ccc3c(c2)[N+](c2ccccc2)(c2ccccc2)c2ccccc2-3)cc1. The highest BCUT2D eigenvalue weighted by Gasteiger charge is 2.48. The number of quaternary nitrogens is 1. The van der Waals surface area contributed by atoms with Crippen molar-refractivity contribution in [2.45, 2.75) is 0 Å². The molecule has 0 saturated heterocycles. The third-order valence-electron chi connectivity index (χ3n) is 12.8. The first kappa shape index (κ1) is 36.6. The van der Waals surface area contributed by atoms with Crippen LogP contribution in [0.25, 0.3) is 60.9 Å². The Hall–Kier alpha value is -8.24. The number of aromatic nitrogens is 1. The topological polar surface area (TPSA) is 8.17 Å². The second-order valence-corrected chi connectivity index (χ2v) is 16.3. The Labute approximate surface area is 367 Å². The van der Waals surface area contributed by atoms with Crippen molar-refractivity contribution in [1.82, 2.24) is 9.05 Å². The normalized spacial score (nSPS) is 12.6. The lowest BCUT2D eigenvalue weighted by Gasteiger charge is -2.35. The number of para-hydroxylation sites is 6. The Morgan fingerprint density at radius 2 is 0.825 bits per heavy atom. The summed E-state index contributed by atoms with van der Waals surface area (Å²) in [5.74, 6) is 0. The third kappa shape index (κ3) is 5.94. The molecule has 0 saturated carbocycles. The maximum absolute atomic E-state index is 2.42. The molecule has 1 aromatic heterocycles. The summed E-state index contributed by atoms with van der Waals surface area (Å²) in [5.41, 5.74) is 18.9. The quantitative estimate of drug-likeness (QED) is 0.139. The van der Waals surface area contributed by atoms with E-state index in [-0.39, 0.29) is 0 Å². The van der Waals surface area contributed by atoms with Crippen molar-refractivity contribution in [2.75, 3.05) is 4.90 Å². The number of rotatable bonds is 8. The number of hydrogen-bond donors (Lipinski definition) is 0. The largest absolute Gasteiger partial charge is 0.310 e. The highest BCUT2D eigenvalue weighted by atomic mass is 15.4. The fourth-order valence-corrected chi connectivity index (χ4v) is 10.0. The van der Waals surface area contributed by atoms with Crippen LogP contribution in [-0.2, 0) is 0 Å². The molecule has 0 fully saturated rings. The van der Waals surface area contributed by atoms with Crippen molar-refractivity contribution in [3.63, 3.8) is 0 Å². The first-order valence-electron chi connectivity index (χ1n) is 21.7. The smallest absolute Gasteiger partial charge is 0.158 e. The van der Waals surface area contributed by atoms with Gasteiger partial charge in [0.15, 0.2) is 11.4 Å². The molecule has 296 valence electrons. The molecule has 63 heavy (non-hydrogen) atoms. The van der Waals surface area contributed by atoms with Gasteiger partial charge in [0.25, 0.3) is 0 Å². The fraction of sp³-hybridized carbons (Fsp3) is 0. The second kappa shape index (κ2) is 15.0. The summed E-state index contributed by atoms with van der Waals surface area (Å²) in [6, 6.07) is 92.8. The molecule has 0 atom stereocenters. The lowest BCUT2D eigenvalue weighted by Crippen LogP contribution is -2.31. The van der Waals surface area contributed by atoms with Gasteiger partial charge in [0.2, 0.25) is 0 Å². The Kier molecular flexibility index (Phi) is 8.74. The minimum absolute atomic E-state index is 0.495. The maximum atomic E-state index is 2.42. The number of benzene rings is 10. The molecule has 2 heterocycles. The van der Waals surface area contributed by atoms with E-state index >= 15 is 0 Å². The zero-order valence-electron chi connectivity index (χ0n) is 34.6. The van der Waals surface area contributed by atoms with Crippen LogP contribution >= 0.6 is 0 Å². The van der Waals surface area contributed by atoms with E-state index in [1.165, 1.54) is 78.1 Å². The van der Waals surface area contributed by atoms with Gasteiger partial charge in [0.1, 0.15) is 11.4 Å². The highest BCUT2D eigenvalue weighted by Crippen LogP contribution is 2.63. The number of nitrogens with zero attached hydrogens (tertiary/aromatic N) is 3. The monoisotopic (exact) mass is 804 g/mol. The van der Waals surface area contributed by atoms with Gasteiger partial charge in [-0.1, -0.05) is 140 Å². The van der Waals surface area contributed by atoms with Gasteiger partial charge >= 0.3 is 0 Å². The number of fused-ring (bicyclic) bond motifs is 6. The molecule has 11 aromatic rings. The van der Waals surface area contributed by atoms with Crippen LogP contribution < -0.4 is 9.38 Å². The first-order valence-corrected chi connectivity index (χ1v) is 21.7. The molecule has 12 rings (SSSR count). The van der Waals surface area contributed by atoms with E-state index in [2.05, 4.69) is 264 Å². The maximum Gasteiger partial charge on any atom is 0.158 e. The zero-order valence-corrected chi connectivity index (χ0v) is 34.6. The molecule has 1 aliphatic heterocycles. The van der Waals surface area contributed by atoms with Crippen molar-refractivity contribution in [3.05, 3.63) is 255 Å². The molecule has 3 nitrogen and oxygen atoms in total. The summed E-state index contributed by atoms with van der Waals surface area (Å²) >= 11 is 0. The van der Waals surface area contributed by atoms with E-state index < -0.39 is 0 Å². The van der Waals surface area contributed by atoms with Crippen molar-refractivity contribution in [2.24, 2.45) is 0 Å². The van der Waals surface area contributed by atoms with Crippen LogP contribution in [0.2, 0.25) is 0 Å². The molecule has 1 aliphatic rings. The van der Waals surface area contributed by atoms with Gasteiger partial charge in [0, 0.05) is 64.2 Å². The zero-order chi connectivity index (χ0) is 41.7. The molecule has 10 aromatic carbocycles. The molecule has 0 amide bonds. The highest BCUT2D eigenvalue weighted by molar-refractivity contribution is 6.10. The fourth-order valence-electron chi connectivity index (χ4n) is 10.0. The van der Waals surface area contributed by atoms with Crippen LogP contribution in [0.15, 0.2) is 255 Å². The molecule has 0 spiro atoms. The standard InChI is InChI=1S/C60H42N3/c1-5-22-47(23-6-1)61(50-36-37-55-54-32-14-16-34-59(54)63(60(55)42-50,51-27-9-3-10-28-51)52-29-11-4-12-30-52)49-26-18-21-45(40-49)43-19-17-20-44(39-43)46-35-38-58-56(41-46)53-31-13-15-33-57(53)62(58)48-24-7-2-8-25-48/h1-42H/q+1. The van der Waals surface area contributed by atoms with Gasteiger partial charge in [-0.15, -0.1) is 0 Å². The minimum Gasteiger partial charge on any atom is -0.310 e. The Balaban J connectivity index is 0.982. The summed E-state index contributed by atoms with van der Waals surface area (Å²) in [5, 5.41) is 2.50.